The Balaban J connectivity index is 2.98. The van der Waals surface area contributed by atoms with Gasteiger partial charge in [0.2, 0.25) is 5.88 Å². The SMILES string of the molecule is CCC(C(=O)O)c1cc(OC)ncn1. The van der Waals surface area contributed by atoms with Crippen molar-refractivity contribution in [3.63, 3.8) is 0 Å². The molecule has 1 rings (SSSR count). The number of nitrogens with zero attached hydrogens (tertiary/aromatic N) is 2. The maximum atomic E-state index is 10.8. The molecule has 1 unspecified atom stereocenters. The van der Waals surface area contributed by atoms with Crippen LogP contribution in [0.1, 0.15) is 25.0 Å². The van der Waals surface area contributed by atoms with Gasteiger partial charge in [0.05, 0.1) is 18.7 Å². The van der Waals surface area contributed by atoms with Gasteiger partial charge in [-0.15, -0.1) is 0 Å². The molecule has 0 spiro atoms. The number of hydrogen-bond donors (Lipinski definition) is 1. The van der Waals surface area contributed by atoms with Crippen LogP contribution >= 0.6 is 0 Å². The number of carbonyl (C=O) groups is 1. The van der Waals surface area contributed by atoms with Gasteiger partial charge >= 0.3 is 5.97 Å². The standard InChI is InChI=1S/C9H12N2O3/c1-3-6(9(12)13)7-4-8(14-2)11-5-10-7/h4-6H,3H2,1-2H3,(H,12,13). The Morgan fingerprint density at radius 1 is 1.64 bits per heavy atom. The monoisotopic (exact) mass is 196 g/mol. The molecule has 5 heteroatoms. The first kappa shape index (κ1) is 10.4. The molecular formula is C9H12N2O3. The molecule has 14 heavy (non-hydrogen) atoms. The van der Waals surface area contributed by atoms with Crippen molar-refractivity contribution >= 4 is 5.97 Å². The molecule has 0 radical (unpaired) electrons. The van der Waals surface area contributed by atoms with Crippen molar-refractivity contribution in [3.8, 4) is 5.88 Å². The first-order valence-corrected chi connectivity index (χ1v) is 4.27. The van der Waals surface area contributed by atoms with Gasteiger partial charge in [-0.2, -0.15) is 0 Å². The second kappa shape index (κ2) is 4.55. The molecule has 0 aliphatic carbocycles. The number of carboxylic acids is 1. The molecule has 0 amide bonds. The van der Waals surface area contributed by atoms with Gasteiger partial charge in [-0.05, 0) is 6.42 Å². The van der Waals surface area contributed by atoms with Crippen LogP contribution in [0.5, 0.6) is 5.88 Å². The van der Waals surface area contributed by atoms with E-state index in [0.717, 1.165) is 0 Å². The van der Waals surface area contributed by atoms with Gasteiger partial charge in [-0.1, -0.05) is 6.92 Å². The van der Waals surface area contributed by atoms with Crippen molar-refractivity contribution in [2.45, 2.75) is 19.3 Å². The predicted octanol–water partition coefficient (Wildman–Crippen LogP) is 1.06. The number of methoxy groups -OCH3 is 1. The molecule has 0 aliphatic heterocycles. The predicted molar refractivity (Wildman–Crippen MR) is 49.3 cm³/mol. The molecular weight excluding hydrogens is 184 g/mol. The van der Waals surface area contributed by atoms with E-state index in [-0.39, 0.29) is 0 Å². The zero-order valence-electron chi connectivity index (χ0n) is 8.10. The number of aliphatic carboxylic acids is 1. The van der Waals surface area contributed by atoms with Gasteiger partial charge in [0.15, 0.2) is 0 Å². The summed E-state index contributed by atoms with van der Waals surface area (Å²) in [5, 5.41) is 8.89. The molecule has 1 aromatic rings. The third-order valence-corrected chi connectivity index (χ3v) is 1.94. The van der Waals surface area contributed by atoms with Crippen LogP contribution in [-0.4, -0.2) is 28.2 Å². The van der Waals surface area contributed by atoms with Gasteiger partial charge in [0.1, 0.15) is 6.33 Å². The molecule has 1 aromatic heterocycles. The van der Waals surface area contributed by atoms with Gasteiger partial charge in [0.25, 0.3) is 0 Å². The topological polar surface area (TPSA) is 72.3 Å². The lowest BCUT2D eigenvalue weighted by Gasteiger charge is -2.08. The lowest BCUT2D eigenvalue weighted by molar-refractivity contribution is -0.138. The third kappa shape index (κ3) is 2.18. The fraction of sp³-hybridized carbons (Fsp3) is 0.444. The molecule has 5 nitrogen and oxygen atoms in total. The van der Waals surface area contributed by atoms with Gasteiger partial charge in [0, 0.05) is 6.07 Å². The van der Waals surface area contributed by atoms with E-state index >= 15 is 0 Å². The highest BCUT2D eigenvalue weighted by molar-refractivity contribution is 5.75. The molecule has 0 saturated heterocycles. The quantitative estimate of drug-likeness (QED) is 0.779. The van der Waals surface area contributed by atoms with Gasteiger partial charge < -0.3 is 9.84 Å². The largest absolute Gasteiger partial charge is 0.481 e. The van der Waals surface area contributed by atoms with E-state index in [4.69, 9.17) is 9.84 Å². The van der Waals surface area contributed by atoms with E-state index < -0.39 is 11.9 Å². The maximum absolute atomic E-state index is 10.8. The van der Waals surface area contributed by atoms with E-state index in [1.165, 1.54) is 13.4 Å². The molecule has 1 N–H and O–H groups in total. The highest BCUT2D eigenvalue weighted by atomic mass is 16.5. The molecule has 1 heterocycles. The minimum absolute atomic E-state index is 0.384. The van der Waals surface area contributed by atoms with Crippen LogP contribution in [0, 0.1) is 0 Å². The second-order valence-electron chi connectivity index (χ2n) is 2.78. The highest BCUT2D eigenvalue weighted by Crippen LogP contribution is 2.19. The Morgan fingerprint density at radius 3 is 2.86 bits per heavy atom. The molecule has 1 atom stereocenters. The fourth-order valence-corrected chi connectivity index (χ4v) is 1.17. The Kier molecular flexibility index (Phi) is 3.39. The van der Waals surface area contributed by atoms with Crippen molar-refractivity contribution in [1.29, 1.82) is 0 Å². The molecule has 0 aliphatic rings. The number of hydrogen-bond acceptors (Lipinski definition) is 4. The lowest BCUT2D eigenvalue weighted by atomic mass is 10.0. The Morgan fingerprint density at radius 2 is 2.36 bits per heavy atom. The summed E-state index contributed by atoms with van der Waals surface area (Å²) in [6.07, 6.45) is 1.80. The van der Waals surface area contributed by atoms with Crippen LogP contribution in [0.2, 0.25) is 0 Å². The number of ether oxygens (including phenoxy) is 1. The van der Waals surface area contributed by atoms with Crippen LogP contribution in [-0.2, 0) is 4.79 Å². The van der Waals surface area contributed by atoms with Crippen LogP contribution in [0.25, 0.3) is 0 Å². The normalized spacial score (nSPS) is 12.1. The molecule has 0 bridgehead atoms. The Hall–Kier alpha value is -1.65. The van der Waals surface area contributed by atoms with Crippen LogP contribution in [0.3, 0.4) is 0 Å². The number of carboxylic acid groups (broad SMARTS) is 1. The van der Waals surface area contributed by atoms with E-state index in [1.807, 2.05) is 0 Å². The summed E-state index contributed by atoms with van der Waals surface area (Å²) in [4.78, 5) is 18.5. The van der Waals surface area contributed by atoms with Crippen LogP contribution in [0.15, 0.2) is 12.4 Å². The second-order valence-corrected chi connectivity index (χ2v) is 2.78. The van der Waals surface area contributed by atoms with E-state index in [0.29, 0.717) is 18.0 Å². The maximum Gasteiger partial charge on any atom is 0.312 e. The highest BCUT2D eigenvalue weighted by Gasteiger charge is 2.19. The van der Waals surface area contributed by atoms with Crippen molar-refractivity contribution in [2.24, 2.45) is 0 Å². The first-order chi connectivity index (χ1) is 6.69. The Bertz CT molecular complexity index is 328. The van der Waals surface area contributed by atoms with E-state index in [9.17, 15) is 4.79 Å². The van der Waals surface area contributed by atoms with Crippen molar-refractivity contribution in [2.75, 3.05) is 7.11 Å². The first-order valence-electron chi connectivity index (χ1n) is 4.27. The summed E-state index contributed by atoms with van der Waals surface area (Å²) in [5.74, 6) is -1.09. The fourth-order valence-electron chi connectivity index (χ4n) is 1.17. The molecule has 76 valence electrons. The zero-order valence-corrected chi connectivity index (χ0v) is 8.10. The Labute approximate surface area is 81.8 Å². The van der Waals surface area contributed by atoms with Gasteiger partial charge in [-0.3, -0.25) is 4.79 Å². The minimum atomic E-state index is -0.881. The summed E-state index contributed by atoms with van der Waals surface area (Å²) in [5.41, 5.74) is 0.479. The number of rotatable bonds is 4. The van der Waals surface area contributed by atoms with Crippen molar-refractivity contribution in [1.82, 2.24) is 9.97 Å². The number of aromatic nitrogens is 2. The summed E-state index contributed by atoms with van der Waals surface area (Å²) in [6, 6.07) is 1.54. The van der Waals surface area contributed by atoms with Crippen LogP contribution in [0.4, 0.5) is 0 Å². The van der Waals surface area contributed by atoms with Crippen LogP contribution < -0.4 is 4.74 Å². The summed E-state index contributed by atoms with van der Waals surface area (Å²) in [6.45, 7) is 1.80. The lowest BCUT2D eigenvalue weighted by Crippen LogP contribution is -2.12. The average molecular weight is 196 g/mol. The molecule has 0 saturated carbocycles. The smallest absolute Gasteiger partial charge is 0.312 e. The molecule has 0 aromatic carbocycles. The summed E-state index contributed by atoms with van der Waals surface area (Å²) >= 11 is 0. The minimum Gasteiger partial charge on any atom is -0.481 e. The van der Waals surface area contributed by atoms with Gasteiger partial charge in [-0.25, -0.2) is 9.97 Å². The van der Waals surface area contributed by atoms with Crippen molar-refractivity contribution < 1.29 is 14.6 Å². The third-order valence-electron chi connectivity index (χ3n) is 1.94. The van der Waals surface area contributed by atoms with E-state index in [1.54, 1.807) is 13.0 Å². The zero-order chi connectivity index (χ0) is 10.6. The average Bonchev–Trinajstić information content (AvgIpc) is 2.19. The summed E-state index contributed by atoms with van der Waals surface area (Å²) < 4.78 is 4.89. The summed E-state index contributed by atoms with van der Waals surface area (Å²) in [7, 11) is 1.48. The molecule has 0 fully saturated rings. The van der Waals surface area contributed by atoms with Crippen molar-refractivity contribution in [3.05, 3.63) is 18.1 Å². The van der Waals surface area contributed by atoms with E-state index in [2.05, 4.69) is 9.97 Å².